The van der Waals surface area contributed by atoms with Gasteiger partial charge in [0, 0.05) is 10.9 Å². The zero-order valence-electron chi connectivity index (χ0n) is 9.26. The molecule has 1 amide bonds. The van der Waals surface area contributed by atoms with Gasteiger partial charge in [-0.05, 0) is 25.3 Å². The van der Waals surface area contributed by atoms with E-state index in [2.05, 4.69) is 4.99 Å². The molecule has 3 rings (SSSR count). The van der Waals surface area contributed by atoms with E-state index in [9.17, 15) is 10.0 Å². The van der Waals surface area contributed by atoms with Crippen LogP contribution >= 0.6 is 0 Å². The molecule has 1 aliphatic carbocycles. The third-order valence-corrected chi connectivity index (χ3v) is 3.08. The van der Waals surface area contributed by atoms with Crippen molar-refractivity contribution in [3.63, 3.8) is 0 Å². The molecule has 4 nitrogen and oxygen atoms in total. The number of allylic oxidation sites excluding steroid dienone is 2. The maximum atomic E-state index is 11.8. The Morgan fingerprint density at radius 1 is 1.29 bits per heavy atom. The van der Waals surface area contributed by atoms with Gasteiger partial charge in [-0.2, -0.15) is 0 Å². The summed E-state index contributed by atoms with van der Waals surface area (Å²) in [6, 6.07) is 7.24. The van der Waals surface area contributed by atoms with Gasteiger partial charge in [0.05, 0.1) is 5.36 Å². The second kappa shape index (κ2) is 3.82. The lowest BCUT2D eigenvalue weighted by Crippen LogP contribution is -2.29. The number of nitrogens with zero attached hydrogens (tertiary/aromatic N) is 2. The predicted molar refractivity (Wildman–Crippen MR) is 61.2 cm³/mol. The molecule has 0 unspecified atom stereocenters. The summed E-state index contributed by atoms with van der Waals surface area (Å²) in [5.74, 6) is -0.374. The van der Waals surface area contributed by atoms with Crippen LogP contribution < -0.4 is 10.6 Å². The first-order valence-corrected chi connectivity index (χ1v) is 5.68. The molecule has 0 atom stereocenters. The normalized spacial score (nSPS) is 17.8. The van der Waals surface area contributed by atoms with Crippen LogP contribution in [0.1, 0.15) is 19.3 Å². The molecule has 17 heavy (non-hydrogen) atoms. The van der Waals surface area contributed by atoms with Gasteiger partial charge in [-0.3, -0.25) is 10.0 Å². The minimum absolute atomic E-state index is 0.272. The van der Waals surface area contributed by atoms with Crippen LogP contribution in [0, 0.1) is 0 Å². The molecule has 1 heterocycles. The molecule has 2 aliphatic rings. The number of hydroxylamine groups is 2. The molecule has 0 bridgehead atoms. The summed E-state index contributed by atoms with van der Waals surface area (Å²) >= 11 is 0. The van der Waals surface area contributed by atoms with Gasteiger partial charge in [0.2, 0.25) is 0 Å². The highest BCUT2D eigenvalue weighted by Gasteiger charge is 2.24. The summed E-state index contributed by atoms with van der Waals surface area (Å²) in [6.07, 6.45) is 4.73. The van der Waals surface area contributed by atoms with E-state index in [0.29, 0.717) is 10.6 Å². The van der Waals surface area contributed by atoms with Crippen LogP contribution in [-0.2, 0) is 4.79 Å². The lowest BCUT2D eigenvalue weighted by Gasteiger charge is -2.17. The molecule has 0 spiro atoms. The van der Waals surface area contributed by atoms with Gasteiger partial charge in [-0.1, -0.05) is 24.3 Å². The number of hydrogen-bond donors (Lipinski definition) is 1. The molecule has 1 aromatic rings. The topological polar surface area (TPSA) is 52.9 Å². The summed E-state index contributed by atoms with van der Waals surface area (Å²) in [7, 11) is 0. The van der Waals surface area contributed by atoms with Gasteiger partial charge in [-0.15, -0.1) is 0 Å². The summed E-state index contributed by atoms with van der Waals surface area (Å²) in [5.41, 5.74) is 1.06. The first-order valence-electron chi connectivity index (χ1n) is 5.68. The van der Waals surface area contributed by atoms with Crippen LogP contribution in [0.25, 0.3) is 5.70 Å². The molecular weight excluding hydrogens is 216 g/mol. The lowest BCUT2D eigenvalue weighted by molar-refractivity contribution is -0.116. The van der Waals surface area contributed by atoms with Crippen molar-refractivity contribution in [1.29, 1.82) is 0 Å². The van der Waals surface area contributed by atoms with E-state index in [-0.39, 0.29) is 11.6 Å². The fourth-order valence-electron chi connectivity index (χ4n) is 2.24. The average Bonchev–Trinajstić information content (AvgIpc) is 2.94. The van der Waals surface area contributed by atoms with E-state index in [4.69, 9.17) is 0 Å². The second-order valence-corrected chi connectivity index (χ2v) is 4.18. The highest BCUT2D eigenvalue weighted by atomic mass is 16.5. The number of carbonyl (C=O) groups excluding carboxylic acids is 1. The van der Waals surface area contributed by atoms with E-state index in [1.807, 2.05) is 18.2 Å². The van der Waals surface area contributed by atoms with E-state index < -0.39 is 0 Å². The number of carbonyl (C=O) groups is 1. The quantitative estimate of drug-likeness (QED) is 0.759. The molecule has 0 saturated heterocycles. The summed E-state index contributed by atoms with van der Waals surface area (Å²) in [6.45, 7) is 0. The van der Waals surface area contributed by atoms with Crippen LogP contribution in [0.4, 0.5) is 0 Å². The number of amides is 1. The second-order valence-electron chi connectivity index (χ2n) is 4.18. The van der Waals surface area contributed by atoms with E-state index in [1.165, 1.54) is 0 Å². The van der Waals surface area contributed by atoms with Crippen LogP contribution in [0.2, 0.25) is 0 Å². The molecule has 0 fully saturated rings. The van der Waals surface area contributed by atoms with Crippen molar-refractivity contribution >= 4 is 11.6 Å². The average molecular weight is 228 g/mol. The molecule has 4 heteroatoms. The van der Waals surface area contributed by atoms with Gasteiger partial charge in [-0.25, -0.2) is 10.1 Å². The molecule has 86 valence electrons. The standard InChI is InChI=1S/C13H12N2O2/c16-13-12(15(17)9-5-1-2-6-9)10-7-3-4-8-11(10)14-13/h3-5,7-8,17H,1-2,6H2. The van der Waals surface area contributed by atoms with Crippen LogP contribution in [0.3, 0.4) is 0 Å². The Morgan fingerprint density at radius 3 is 2.88 bits per heavy atom. The Morgan fingerprint density at radius 2 is 2.12 bits per heavy atom. The van der Waals surface area contributed by atoms with Gasteiger partial charge in [0.15, 0.2) is 0 Å². The Labute approximate surface area is 98.2 Å². The van der Waals surface area contributed by atoms with Gasteiger partial charge >= 0.3 is 0 Å². The molecule has 1 N–H and O–H groups in total. The van der Waals surface area contributed by atoms with Crippen molar-refractivity contribution in [3.8, 4) is 0 Å². The minimum atomic E-state index is -0.374. The van der Waals surface area contributed by atoms with Crippen molar-refractivity contribution in [2.45, 2.75) is 19.3 Å². The number of benzene rings is 1. The van der Waals surface area contributed by atoms with Crippen molar-refractivity contribution in [1.82, 2.24) is 5.06 Å². The maximum Gasteiger partial charge on any atom is 0.297 e. The first-order chi connectivity index (χ1) is 8.27. The van der Waals surface area contributed by atoms with Crippen LogP contribution in [0.15, 0.2) is 41.0 Å². The summed E-state index contributed by atoms with van der Waals surface area (Å²) < 4.78 is 0. The summed E-state index contributed by atoms with van der Waals surface area (Å²) in [4.78, 5) is 15.7. The predicted octanol–water partition coefficient (Wildman–Crippen LogP) is 0.714. The highest BCUT2D eigenvalue weighted by molar-refractivity contribution is 6.14. The zero-order chi connectivity index (χ0) is 11.8. The number of rotatable bonds is 2. The monoisotopic (exact) mass is 228 g/mol. The fourth-order valence-corrected chi connectivity index (χ4v) is 2.24. The van der Waals surface area contributed by atoms with Gasteiger partial charge in [0.25, 0.3) is 5.91 Å². The zero-order valence-corrected chi connectivity index (χ0v) is 9.26. The van der Waals surface area contributed by atoms with E-state index >= 15 is 0 Å². The third kappa shape index (κ3) is 1.57. The van der Waals surface area contributed by atoms with Crippen molar-refractivity contribution in [2.75, 3.05) is 0 Å². The highest BCUT2D eigenvalue weighted by Crippen LogP contribution is 2.24. The molecule has 0 aromatic heterocycles. The Hall–Kier alpha value is -1.94. The van der Waals surface area contributed by atoms with Crippen molar-refractivity contribution < 1.29 is 10.0 Å². The van der Waals surface area contributed by atoms with Crippen molar-refractivity contribution in [3.05, 3.63) is 46.6 Å². The Kier molecular flexibility index (Phi) is 2.30. The SMILES string of the molecule is O=C1N=c2ccccc2=C1N(O)C1=CCCC1. The first kappa shape index (κ1) is 10.2. The molecule has 1 aromatic carbocycles. The summed E-state index contributed by atoms with van der Waals surface area (Å²) in [5, 5.41) is 12.4. The van der Waals surface area contributed by atoms with Crippen molar-refractivity contribution in [2.24, 2.45) is 4.99 Å². The number of hydrogen-bond acceptors (Lipinski definition) is 3. The number of para-hydroxylation sites is 1. The molecule has 0 radical (unpaired) electrons. The molecular formula is C13H12N2O2. The maximum absolute atomic E-state index is 11.8. The van der Waals surface area contributed by atoms with Gasteiger partial charge in [0.1, 0.15) is 5.70 Å². The molecule has 1 aliphatic heterocycles. The van der Waals surface area contributed by atoms with Gasteiger partial charge < -0.3 is 0 Å². The fraction of sp³-hybridized carbons (Fsp3) is 0.231. The van der Waals surface area contributed by atoms with Crippen LogP contribution in [0.5, 0.6) is 0 Å². The van der Waals surface area contributed by atoms with Crippen LogP contribution in [-0.4, -0.2) is 16.2 Å². The van der Waals surface area contributed by atoms with E-state index in [0.717, 1.165) is 30.0 Å². The minimum Gasteiger partial charge on any atom is -0.284 e. The van der Waals surface area contributed by atoms with E-state index in [1.54, 1.807) is 12.1 Å². The number of fused-ring (bicyclic) bond motifs is 1. The lowest BCUT2D eigenvalue weighted by atomic mass is 10.2. The largest absolute Gasteiger partial charge is 0.297 e. The Bertz CT molecular complexity index is 631. The smallest absolute Gasteiger partial charge is 0.284 e. The molecule has 0 saturated carbocycles. The Balaban J connectivity index is 2.15. The third-order valence-electron chi connectivity index (χ3n) is 3.08.